The van der Waals surface area contributed by atoms with E-state index in [0.717, 1.165) is 76.7 Å². The number of rotatable bonds is 0. The molecule has 0 fully saturated rings. The molecule has 6 nitrogen and oxygen atoms in total. The molecular weight excluding hydrogens is 761 g/mol. The van der Waals surface area contributed by atoms with Gasteiger partial charge in [0.25, 0.3) is 5.56 Å². The summed E-state index contributed by atoms with van der Waals surface area (Å²) in [6.07, 6.45) is -0.836. The number of para-hydroxylation sites is 4. The third-order valence-corrected chi connectivity index (χ3v) is 15.0. The SMILES string of the molecule is O=c1c2ccc3c4ccc5c6ccc7c8ccc9c%10c(ccc(c%11ccc(c%12ccc(c%13ccc(c2c3%13)c2nc3ccccc3n12)c4c5%12)c6c7%11)c%108)-c1nc2ccccc2n1C9O. The van der Waals surface area contributed by atoms with E-state index in [4.69, 9.17) is 9.97 Å². The van der Waals surface area contributed by atoms with Gasteiger partial charge in [-0.25, -0.2) is 9.97 Å². The van der Waals surface area contributed by atoms with Gasteiger partial charge in [0, 0.05) is 32.7 Å². The fraction of sp³-hybridized carbons (Fsp3) is 0.0179. The zero-order valence-electron chi connectivity index (χ0n) is 32.6. The van der Waals surface area contributed by atoms with Crippen LogP contribution in [-0.2, 0) is 0 Å². The summed E-state index contributed by atoms with van der Waals surface area (Å²) in [6, 6.07) is 52.1. The highest BCUT2D eigenvalue weighted by molar-refractivity contribution is 6.47. The smallest absolute Gasteiger partial charge is 0.264 e. The minimum Gasteiger partial charge on any atom is -0.369 e. The Balaban J connectivity index is 0.988. The molecule has 62 heavy (non-hydrogen) atoms. The van der Waals surface area contributed by atoms with Crippen molar-refractivity contribution in [3.63, 3.8) is 0 Å². The van der Waals surface area contributed by atoms with Crippen LogP contribution in [0.25, 0.3) is 158 Å². The molecule has 0 saturated carbocycles. The zero-order valence-corrected chi connectivity index (χ0v) is 32.6. The van der Waals surface area contributed by atoms with Crippen LogP contribution in [-0.4, -0.2) is 24.0 Å². The van der Waals surface area contributed by atoms with Crippen LogP contribution in [0.15, 0.2) is 150 Å². The molecule has 0 saturated heterocycles. The minimum atomic E-state index is -0.836. The Morgan fingerprint density at radius 2 is 0.774 bits per heavy atom. The average Bonchev–Trinajstić information content (AvgIpc) is 3.91. The second-order valence-electron chi connectivity index (χ2n) is 17.6. The van der Waals surface area contributed by atoms with Gasteiger partial charge in [-0.2, -0.15) is 0 Å². The number of hydrogen-bond donors (Lipinski definition) is 1. The monoisotopic (exact) mass is 786 g/mol. The van der Waals surface area contributed by atoms with Crippen molar-refractivity contribution in [2.75, 3.05) is 0 Å². The highest BCUT2D eigenvalue weighted by Gasteiger charge is 2.31. The van der Waals surface area contributed by atoms with E-state index >= 15 is 0 Å². The molecule has 16 aromatic rings. The van der Waals surface area contributed by atoms with Crippen molar-refractivity contribution in [3.05, 3.63) is 162 Å². The van der Waals surface area contributed by atoms with Crippen molar-refractivity contribution < 1.29 is 5.11 Å². The second kappa shape index (κ2) is 9.88. The molecule has 1 unspecified atom stereocenters. The van der Waals surface area contributed by atoms with Crippen LogP contribution in [0.4, 0.5) is 0 Å². The van der Waals surface area contributed by atoms with Gasteiger partial charge >= 0.3 is 0 Å². The van der Waals surface area contributed by atoms with Crippen molar-refractivity contribution in [3.8, 4) is 11.4 Å². The van der Waals surface area contributed by atoms with Gasteiger partial charge < -0.3 is 5.11 Å². The van der Waals surface area contributed by atoms with E-state index in [0.29, 0.717) is 5.65 Å². The lowest BCUT2D eigenvalue weighted by Crippen LogP contribution is -2.16. The maximum atomic E-state index is 14.3. The Bertz CT molecular complexity index is 4730. The van der Waals surface area contributed by atoms with E-state index in [1.165, 1.54) is 80.8 Å². The van der Waals surface area contributed by atoms with Gasteiger partial charge in [-0.15, -0.1) is 0 Å². The van der Waals surface area contributed by atoms with Crippen LogP contribution in [0.2, 0.25) is 0 Å². The first-order valence-electron chi connectivity index (χ1n) is 21.2. The fourth-order valence-electron chi connectivity index (χ4n) is 12.6. The van der Waals surface area contributed by atoms with Crippen molar-refractivity contribution in [1.29, 1.82) is 0 Å². The van der Waals surface area contributed by atoms with Crippen LogP contribution in [0.1, 0.15) is 11.8 Å². The van der Waals surface area contributed by atoms with E-state index in [-0.39, 0.29) is 5.56 Å². The van der Waals surface area contributed by atoms with Gasteiger partial charge in [0.05, 0.1) is 22.1 Å². The first-order chi connectivity index (χ1) is 30.6. The highest BCUT2D eigenvalue weighted by Crippen LogP contribution is 2.53. The van der Waals surface area contributed by atoms with Crippen LogP contribution in [0.3, 0.4) is 0 Å². The minimum absolute atomic E-state index is 0.0288. The highest BCUT2D eigenvalue weighted by atomic mass is 16.3. The second-order valence-corrected chi connectivity index (χ2v) is 17.6. The largest absolute Gasteiger partial charge is 0.369 e. The van der Waals surface area contributed by atoms with E-state index in [9.17, 15) is 9.90 Å². The molecule has 1 N–H and O–H groups in total. The number of fused-ring (bicyclic) bond motifs is 14. The molecular formula is C56H26N4O2. The lowest BCUT2D eigenvalue weighted by Gasteiger charge is -2.27. The summed E-state index contributed by atoms with van der Waals surface area (Å²) in [5.74, 6) is 0.805. The molecule has 3 aromatic heterocycles. The molecule has 1 aliphatic rings. The predicted octanol–water partition coefficient (Wildman–Crippen LogP) is 13.2. The Hall–Kier alpha value is -8.19. The predicted molar refractivity (Wildman–Crippen MR) is 255 cm³/mol. The van der Waals surface area contributed by atoms with E-state index in [2.05, 4.69) is 91.0 Å². The maximum Gasteiger partial charge on any atom is 0.264 e. The standard InChI is InChI=1S/C56H26N4O2/c61-55-39-23-19-35-31-15-11-27-28-12-16-32-36-20-24-40-52-38(54-58-42-6-2-4-8-44(42)60(54)56(40)62)22-18-34(50(36)52)30-14-10-26(46(28)48(30)32)25-9-13-29(47(31)45(25)27)33-17-21-37(51(39)49(33)35)53-57-41-5-1-3-7-43(41)59(53)55/h1-24,55,61H. The summed E-state index contributed by atoms with van der Waals surface area (Å²) in [7, 11) is 0. The number of aromatic nitrogens is 4. The molecule has 6 heteroatoms. The molecule has 1 atom stereocenters. The number of imidazole rings is 2. The summed E-state index contributed by atoms with van der Waals surface area (Å²) in [5, 5.41) is 37.7. The number of nitrogens with zero attached hydrogens (tertiary/aromatic N) is 4. The molecule has 0 aliphatic carbocycles. The van der Waals surface area contributed by atoms with Gasteiger partial charge in [0.1, 0.15) is 11.5 Å². The Morgan fingerprint density at radius 3 is 1.31 bits per heavy atom. The van der Waals surface area contributed by atoms with Crippen LogP contribution >= 0.6 is 0 Å². The van der Waals surface area contributed by atoms with Crippen LogP contribution in [0, 0.1) is 0 Å². The Labute approximate surface area is 348 Å². The summed E-state index contributed by atoms with van der Waals surface area (Å²) in [6.45, 7) is 0. The molecule has 0 spiro atoms. The normalized spacial score (nSPS) is 14.8. The number of benzene rings is 13. The zero-order chi connectivity index (χ0) is 40.0. The summed E-state index contributed by atoms with van der Waals surface area (Å²) < 4.78 is 3.77. The first kappa shape index (κ1) is 30.8. The quantitative estimate of drug-likeness (QED) is 0.123. The van der Waals surface area contributed by atoms with Crippen LogP contribution in [0.5, 0.6) is 0 Å². The Kier molecular flexibility index (Phi) is 4.90. The van der Waals surface area contributed by atoms with E-state index < -0.39 is 6.23 Å². The number of pyridine rings is 1. The maximum absolute atomic E-state index is 14.3. The van der Waals surface area contributed by atoms with Gasteiger partial charge in [-0.05, 0) is 139 Å². The van der Waals surface area contributed by atoms with Gasteiger partial charge in [-0.1, -0.05) is 103 Å². The number of hydrogen-bond acceptors (Lipinski definition) is 4. The van der Waals surface area contributed by atoms with Crippen molar-refractivity contribution in [2.24, 2.45) is 0 Å². The number of aliphatic hydroxyl groups excluding tert-OH is 1. The average molecular weight is 787 g/mol. The van der Waals surface area contributed by atoms with Crippen molar-refractivity contribution in [2.45, 2.75) is 6.23 Å². The van der Waals surface area contributed by atoms with E-state index in [1.807, 2.05) is 59.2 Å². The third kappa shape index (κ3) is 3.16. The lowest BCUT2D eigenvalue weighted by atomic mass is 9.80. The molecule has 282 valence electrons. The molecule has 0 radical (unpaired) electrons. The van der Waals surface area contributed by atoms with Gasteiger partial charge in [0.2, 0.25) is 0 Å². The Morgan fingerprint density at radius 1 is 0.387 bits per heavy atom. The molecule has 13 aromatic carbocycles. The van der Waals surface area contributed by atoms with Gasteiger partial charge in [-0.3, -0.25) is 13.8 Å². The fourth-order valence-corrected chi connectivity index (χ4v) is 12.6. The van der Waals surface area contributed by atoms with Crippen LogP contribution < -0.4 is 5.56 Å². The molecule has 0 bridgehead atoms. The topological polar surface area (TPSA) is 72.4 Å². The summed E-state index contributed by atoms with van der Waals surface area (Å²) >= 11 is 0. The molecule has 17 rings (SSSR count). The lowest BCUT2D eigenvalue weighted by molar-refractivity contribution is 0.152. The van der Waals surface area contributed by atoms with Crippen molar-refractivity contribution >= 4 is 146 Å². The number of aliphatic hydroxyl groups is 1. The summed E-state index contributed by atoms with van der Waals surface area (Å²) in [4.78, 5) is 24.4. The van der Waals surface area contributed by atoms with E-state index in [1.54, 1.807) is 4.40 Å². The first-order valence-corrected chi connectivity index (χ1v) is 21.2. The summed E-state index contributed by atoms with van der Waals surface area (Å²) in [5.41, 5.74) is 6.12. The molecule has 0 amide bonds. The van der Waals surface area contributed by atoms with Crippen molar-refractivity contribution in [1.82, 2.24) is 18.9 Å². The third-order valence-electron chi connectivity index (χ3n) is 15.0. The molecule has 1 aliphatic heterocycles. The molecule has 4 heterocycles. The van der Waals surface area contributed by atoms with Gasteiger partial charge in [0.15, 0.2) is 6.23 Å².